The van der Waals surface area contributed by atoms with Gasteiger partial charge in [0.25, 0.3) is 0 Å². The lowest BCUT2D eigenvalue weighted by atomic mass is 10.2. The van der Waals surface area contributed by atoms with Crippen LogP contribution in [0.1, 0.15) is 23.2 Å². The molecule has 1 aromatic heterocycles. The van der Waals surface area contributed by atoms with Gasteiger partial charge in [-0.05, 0) is 24.1 Å². The van der Waals surface area contributed by atoms with Crippen LogP contribution in [0.2, 0.25) is 0 Å². The number of aliphatic hydroxyl groups excluding tert-OH is 1. The van der Waals surface area contributed by atoms with Crippen molar-refractivity contribution in [2.24, 2.45) is 0 Å². The summed E-state index contributed by atoms with van der Waals surface area (Å²) in [4.78, 5) is 4.45. The van der Waals surface area contributed by atoms with Crippen LogP contribution >= 0.6 is 11.3 Å². The lowest BCUT2D eigenvalue weighted by Crippen LogP contribution is -1.99. The molecule has 0 atom stereocenters. The van der Waals surface area contributed by atoms with E-state index in [9.17, 15) is 0 Å². The molecular weight excluding hydrogens is 262 g/mol. The number of methoxy groups -OCH3 is 1. The summed E-state index contributed by atoms with van der Waals surface area (Å²) >= 11 is 1.64. The molecule has 2 rings (SSSR count). The summed E-state index contributed by atoms with van der Waals surface area (Å²) in [6.45, 7) is 2.47. The Hall–Kier alpha value is -1.59. The van der Waals surface area contributed by atoms with Gasteiger partial charge in [-0.2, -0.15) is 0 Å². The van der Waals surface area contributed by atoms with Gasteiger partial charge in [-0.1, -0.05) is 13.0 Å². The zero-order chi connectivity index (χ0) is 13.7. The Morgan fingerprint density at radius 3 is 2.79 bits per heavy atom. The van der Waals surface area contributed by atoms with E-state index >= 15 is 0 Å². The minimum atomic E-state index is -0.0168. The quantitative estimate of drug-likeness (QED) is 0.883. The van der Waals surface area contributed by atoms with Gasteiger partial charge in [-0.15, -0.1) is 11.3 Å². The van der Waals surface area contributed by atoms with Crippen molar-refractivity contribution < 1.29 is 14.6 Å². The summed E-state index contributed by atoms with van der Waals surface area (Å²) < 4.78 is 11.0. The number of aryl methyl sites for hydroxylation is 1. The molecule has 1 aromatic carbocycles. The average molecular weight is 279 g/mol. The zero-order valence-electron chi connectivity index (χ0n) is 11.0. The molecule has 102 valence electrons. The van der Waals surface area contributed by atoms with Crippen LogP contribution in [0.15, 0.2) is 23.6 Å². The first-order valence-electron chi connectivity index (χ1n) is 6.10. The number of thiazole rings is 1. The molecule has 19 heavy (non-hydrogen) atoms. The van der Waals surface area contributed by atoms with Crippen molar-refractivity contribution >= 4 is 11.3 Å². The Bertz CT molecular complexity index is 539. The Morgan fingerprint density at radius 1 is 1.32 bits per heavy atom. The average Bonchev–Trinajstić information content (AvgIpc) is 2.92. The summed E-state index contributed by atoms with van der Waals surface area (Å²) in [6, 6.07) is 5.38. The molecule has 1 heterocycles. The minimum absolute atomic E-state index is 0.0168. The van der Waals surface area contributed by atoms with E-state index in [1.807, 2.05) is 11.4 Å². The number of hydrogen-bond donors (Lipinski definition) is 1. The fourth-order valence-corrected chi connectivity index (χ4v) is 2.39. The molecule has 0 unspecified atom stereocenters. The SMILES string of the molecule is CCc1nc(COc2cc(CO)ccc2OC)cs1. The van der Waals surface area contributed by atoms with Gasteiger partial charge in [0.15, 0.2) is 11.5 Å². The van der Waals surface area contributed by atoms with Crippen LogP contribution in [-0.2, 0) is 19.6 Å². The van der Waals surface area contributed by atoms with E-state index < -0.39 is 0 Å². The highest BCUT2D eigenvalue weighted by Gasteiger charge is 2.07. The molecule has 0 spiro atoms. The van der Waals surface area contributed by atoms with Crippen LogP contribution in [0.3, 0.4) is 0 Å². The first kappa shape index (κ1) is 13.8. The van der Waals surface area contributed by atoms with E-state index in [1.54, 1.807) is 30.6 Å². The highest BCUT2D eigenvalue weighted by atomic mass is 32.1. The molecule has 0 radical (unpaired) electrons. The topological polar surface area (TPSA) is 51.6 Å². The van der Waals surface area contributed by atoms with Crippen LogP contribution in [0.4, 0.5) is 0 Å². The number of benzene rings is 1. The maximum atomic E-state index is 9.14. The Morgan fingerprint density at radius 2 is 2.16 bits per heavy atom. The van der Waals surface area contributed by atoms with Crippen molar-refractivity contribution in [3.8, 4) is 11.5 Å². The zero-order valence-corrected chi connectivity index (χ0v) is 11.9. The molecule has 1 N–H and O–H groups in total. The second-order valence-corrected chi connectivity index (χ2v) is 4.96. The van der Waals surface area contributed by atoms with E-state index in [0.29, 0.717) is 18.1 Å². The first-order chi connectivity index (χ1) is 9.26. The molecule has 2 aromatic rings. The van der Waals surface area contributed by atoms with E-state index in [2.05, 4.69) is 11.9 Å². The predicted octanol–water partition coefficient (Wildman–Crippen LogP) is 2.79. The van der Waals surface area contributed by atoms with Gasteiger partial charge in [0, 0.05) is 5.38 Å². The summed E-state index contributed by atoms with van der Waals surface area (Å²) in [6.07, 6.45) is 0.938. The molecule has 5 heteroatoms. The van der Waals surface area contributed by atoms with E-state index in [1.165, 1.54) is 0 Å². The fourth-order valence-electron chi connectivity index (χ4n) is 1.66. The smallest absolute Gasteiger partial charge is 0.162 e. The van der Waals surface area contributed by atoms with Crippen molar-refractivity contribution in [1.29, 1.82) is 0 Å². The second-order valence-electron chi connectivity index (χ2n) is 4.02. The molecular formula is C14H17NO3S. The normalized spacial score (nSPS) is 10.5. The van der Waals surface area contributed by atoms with Crippen molar-refractivity contribution in [3.05, 3.63) is 39.8 Å². The van der Waals surface area contributed by atoms with Gasteiger partial charge in [0.2, 0.25) is 0 Å². The minimum Gasteiger partial charge on any atom is -0.493 e. The molecule has 0 aliphatic carbocycles. The highest BCUT2D eigenvalue weighted by Crippen LogP contribution is 2.29. The summed E-state index contributed by atoms with van der Waals surface area (Å²) in [5, 5.41) is 12.2. The maximum Gasteiger partial charge on any atom is 0.162 e. The van der Waals surface area contributed by atoms with E-state index in [-0.39, 0.29) is 6.61 Å². The number of aromatic nitrogens is 1. The molecule has 0 saturated carbocycles. The molecule has 0 amide bonds. The van der Waals surface area contributed by atoms with Gasteiger partial charge in [0.05, 0.1) is 24.4 Å². The van der Waals surface area contributed by atoms with Crippen molar-refractivity contribution in [1.82, 2.24) is 4.98 Å². The van der Waals surface area contributed by atoms with Crippen LogP contribution in [0.25, 0.3) is 0 Å². The second kappa shape index (κ2) is 6.54. The third-order valence-corrected chi connectivity index (χ3v) is 3.73. The fraction of sp³-hybridized carbons (Fsp3) is 0.357. The number of ether oxygens (including phenoxy) is 2. The van der Waals surface area contributed by atoms with Gasteiger partial charge in [0.1, 0.15) is 6.61 Å². The third-order valence-electron chi connectivity index (χ3n) is 2.69. The number of aliphatic hydroxyl groups is 1. The van der Waals surface area contributed by atoms with Gasteiger partial charge < -0.3 is 14.6 Å². The van der Waals surface area contributed by atoms with Gasteiger partial charge >= 0.3 is 0 Å². The summed E-state index contributed by atoms with van der Waals surface area (Å²) in [5.41, 5.74) is 1.71. The van der Waals surface area contributed by atoms with Crippen LogP contribution in [-0.4, -0.2) is 17.2 Å². The maximum absolute atomic E-state index is 9.14. The Balaban J connectivity index is 2.09. The first-order valence-corrected chi connectivity index (χ1v) is 6.98. The summed E-state index contributed by atoms with van der Waals surface area (Å²) in [7, 11) is 1.60. The Kier molecular flexibility index (Phi) is 4.76. The van der Waals surface area contributed by atoms with Crippen molar-refractivity contribution in [2.75, 3.05) is 7.11 Å². The number of nitrogens with zero attached hydrogens (tertiary/aromatic N) is 1. The molecule has 0 fully saturated rings. The third kappa shape index (κ3) is 3.45. The molecule has 0 aliphatic rings. The lowest BCUT2D eigenvalue weighted by Gasteiger charge is -2.10. The Labute approximate surface area is 116 Å². The standard InChI is InChI=1S/C14H17NO3S/c1-3-14-15-11(9-19-14)8-18-13-6-10(7-16)4-5-12(13)17-2/h4-6,9,16H,3,7-8H2,1-2H3. The number of rotatable bonds is 6. The van der Waals surface area contributed by atoms with Gasteiger partial charge in [-0.25, -0.2) is 4.98 Å². The molecule has 0 saturated heterocycles. The molecule has 4 nitrogen and oxygen atoms in total. The van der Waals surface area contributed by atoms with Crippen LogP contribution < -0.4 is 9.47 Å². The van der Waals surface area contributed by atoms with Crippen LogP contribution in [0.5, 0.6) is 11.5 Å². The predicted molar refractivity (Wildman–Crippen MR) is 74.7 cm³/mol. The lowest BCUT2D eigenvalue weighted by molar-refractivity contribution is 0.270. The van der Waals surface area contributed by atoms with Crippen molar-refractivity contribution in [2.45, 2.75) is 26.6 Å². The van der Waals surface area contributed by atoms with E-state index in [0.717, 1.165) is 22.7 Å². The number of hydrogen-bond acceptors (Lipinski definition) is 5. The van der Waals surface area contributed by atoms with E-state index in [4.69, 9.17) is 14.6 Å². The molecule has 0 bridgehead atoms. The molecule has 0 aliphatic heterocycles. The highest BCUT2D eigenvalue weighted by molar-refractivity contribution is 7.09. The largest absolute Gasteiger partial charge is 0.493 e. The van der Waals surface area contributed by atoms with Gasteiger partial charge in [-0.3, -0.25) is 0 Å². The monoisotopic (exact) mass is 279 g/mol. The van der Waals surface area contributed by atoms with Crippen molar-refractivity contribution in [3.63, 3.8) is 0 Å². The van der Waals surface area contributed by atoms with Crippen LogP contribution in [0, 0.1) is 0 Å². The summed E-state index contributed by atoms with van der Waals surface area (Å²) in [5.74, 6) is 1.28.